The van der Waals surface area contributed by atoms with Gasteiger partial charge in [0, 0.05) is 26.2 Å². The molecule has 0 bridgehead atoms. The van der Waals surface area contributed by atoms with Gasteiger partial charge in [0.1, 0.15) is 5.75 Å². The molecule has 8 heteroatoms. The van der Waals surface area contributed by atoms with Gasteiger partial charge in [-0.1, -0.05) is 23.7 Å². The van der Waals surface area contributed by atoms with Crippen LogP contribution in [0.25, 0.3) is 0 Å². The zero-order valence-corrected chi connectivity index (χ0v) is 21.9. The number of benzene rings is 2. The highest BCUT2D eigenvalue weighted by molar-refractivity contribution is 6.31. The van der Waals surface area contributed by atoms with Crippen LogP contribution in [0.1, 0.15) is 59.9 Å². The van der Waals surface area contributed by atoms with Gasteiger partial charge in [-0.25, -0.2) is 0 Å². The second-order valence-electron chi connectivity index (χ2n) is 10.2. The van der Waals surface area contributed by atoms with Crippen molar-refractivity contribution in [3.63, 3.8) is 0 Å². The zero-order chi connectivity index (χ0) is 25.9. The molecule has 2 aromatic rings. The molecular weight excluding hydrogens is 489 g/mol. The predicted molar refractivity (Wildman–Crippen MR) is 137 cm³/mol. The first-order valence-corrected chi connectivity index (χ1v) is 13.2. The smallest absolute Gasteiger partial charge is 0.417 e. The monoisotopic (exact) mass is 524 g/mol. The molecule has 4 nitrogen and oxygen atoms in total. The largest absolute Gasteiger partial charge is 0.493 e. The summed E-state index contributed by atoms with van der Waals surface area (Å²) in [4.78, 5) is 4.74. The summed E-state index contributed by atoms with van der Waals surface area (Å²) in [7, 11) is 0. The van der Waals surface area contributed by atoms with E-state index in [1.165, 1.54) is 49.2 Å². The van der Waals surface area contributed by atoms with E-state index in [-0.39, 0.29) is 10.6 Å². The molecule has 0 atom stereocenters. The van der Waals surface area contributed by atoms with E-state index in [4.69, 9.17) is 16.3 Å². The summed E-state index contributed by atoms with van der Waals surface area (Å²) < 4.78 is 45.9. The summed E-state index contributed by atoms with van der Waals surface area (Å²) in [5, 5.41) is 10.8. The van der Waals surface area contributed by atoms with E-state index in [0.717, 1.165) is 36.9 Å². The third-order valence-corrected chi connectivity index (χ3v) is 8.14. The number of alkyl halides is 3. The Hall–Kier alpha value is -1.80. The van der Waals surface area contributed by atoms with Crippen molar-refractivity contribution < 1.29 is 23.0 Å². The molecule has 1 N–H and O–H groups in total. The minimum Gasteiger partial charge on any atom is -0.493 e. The molecule has 198 valence electrons. The van der Waals surface area contributed by atoms with Crippen LogP contribution in [-0.2, 0) is 18.3 Å². The maximum absolute atomic E-state index is 13.3. The van der Waals surface area contributed by atoms with E-state index in [1.807, 2.05) is 6.07 Å². The van der Waals surface area contributed by atoms with Gasteiger partial charge in [-0.05, 0) is 99.5 Å². The maximum Gasteiger partial charge on any atom is 0.417 e. The van der Waals surface area contributed by atoms with Crippen LogP contribution in [0.4, 0.5) is 13.2 Å². The molecule has 2 saturated heterocycles. The van der Waals surface area contributed by atoms with Gasteiger partial charge in [-0.15, -0.1) is 0 Å². The average Bonchev–Trinajstić information content (AvgIpc) is 3.35. The number of piperidine rings is 1. The molecule has 0 spiro atoms. The molecule has 0 saturated carbocycles. The van der Waals surface area contributed by atoms with Crippen molar-refractivity contribution in [2.24, 2.45) is 0 Å². The Morgan fingerprint density at radius 2 is 1.67 bits per heavy atom. The van der Waals surface area contributed by atoms with Crippen molar-refractivity contribution in [3.8, 4) is 5.75 Å². The predicted octanol–water partition coefficient (Wildman–Crippen LogP) is 6.32. The van der Waals surface area contributed by atoms with Gasteiger partial charge in [-0.3, -0.25) is 4.90 Å². The fourth-order valence-corrected chi connectivity index (χ4v) is 5.52. The molecule has 0 amide bonds. The van der Waals surface area contributed by atoms with Gasteiger partial charge < -0.3 is 14.7 Å². The first kappa shape index (κ1) is 27.2. The lowest BCUT2D eigenvalue weighted by molar-refractivity contribution is -0.137. The fraction of sp³-hybridized carbons (Fsp3) is 0.571. The maximum atomic E-state index is 13.3. The van der Waals surface area contributed by atoms with E-state index in [9.17, 15) is 18.3 Å². The Kier molecular flexibility index (Phi) is 8.55. The van der Waals surface area contributed by atoms with Gasteiger partial charge in [-0.2, -0.15) is 13.2 Å². The molecule has 36 heavy (non-hydrogen) atoms. The number of hydrogen-bond donors (Lipinski definition) is 1. The Labute approximate surface area is 217 Å². The number of rotatable bonds is 8. The van der Waals surface area contributed by atoms with Crippen molar-refractivity contribution in [1.29, 1.82) is 0 Å². The Morgan fingerprint density at radius 3 is 2.33 bits per heavy atom. The Balaban J connectivity index is 1.32. The summed E-state index contributed by atoms with van der Waals surface area (Å²) in [6.45, 7) is 10.3. The van der Waals surface area contributed by atoms with Gasteiger partial charge >= 0.3 is 6.18 Å². The molecule has 0 aliphatic carbocycles. The molecule has 4 rings (SSSR count). The molecule has 0 aromatic heterocycles. The van der Waals surface area contributed by atoms with Crippen LogP contribution in [0.15, 0.2) is 30.3 Å². The normalized spacial score (nSPS) is 19.1. The molecule has 0 unspecified atom stereocenters. The molecule has 2 heterocycles. The minimum atomic E-state index is -4.55. The van der Waals surface area contributed by atoms with E-state index < -0.39 is 17.3 Å². The number of hydrogen-bond acceptors (Lipinski definition) is 4. The van der Waals surface area contributed by atoms with Crippen LogP contribution in [0, 0.1) is 13.8 Å². The lowest BCUT2D eigenvalue weighted by Gasteiger charge is -2.39. The Morgan fingerprint density at radius 1 is 0.972 bits per heavy atom. The van der Waals surface area contributed by atoms with Gasteiger partial charge in [0.05, 0.1) is 22.8 Å². The molecule has 2 aliphatic rings. The minimum absolute atomic E-state index is 0.275. The number of likely N-dealkylation sites (tertiary alicyclic amines) is 2. The summed E-state index contributed by atoms with van der Waals surface area (Å²) >= 11 is 5.76. The highest BCUT2D eigenvalue weighted by Crippen LogP contribution is 2.40. The fourth-order valence-electron chi connectivity index (χ4n) is 5.30. The molecule has 0 radical (unpaired) electrons. The van der Waals surface area contributed by atoms with Gasteiger partial charge in [0.15, 0.2) is 0 Å². The van der Waals surface area contributed by atoms with Gasteiger partial charge in [0.25, 0.3) is 0 Å². The molecule has 2 aromatic carbocycles. The van der Waals surface area contributed by atoms with Crippen molar-refractivity contribution in [2.75, 3.05) is 39.3 Å². The van der Waals surface area contributed by atoms with Crippen LogP contribution in [-0.4, -0.2) is 54.2 Å². The second kappa shape index (κ2) is 11.3. The topological polar surface area (TPSA) is 35.9 Å². The van der Waals surface area contributed by atoms with E-state index in [1.54, 1.807) is 0 Å². The lowest BCUT2D eigenvalue weighted by Crippen LogP contribution is -2.42. The van der Waals surface area contributed by atoms with Crippen LogP contribution in [0.5, 0.6) is 5.75 Å². The number of nitrogens with zero attached hydrogens (tertiary/aromatic N) is 2. The van der Waals surface area contributed by atoms with Crippen LogP contribution >= 0.6 is 11.6 Å². The van der Waals surface area contributed by atoms with Gasteiger partial charge in [0.2, 0.25) is 0 Å². The van der Waals surface area contributed by atoms with E-state index >= 15 is 0 Å². The standard InChI is InChI=1S/C28H36ClF3N2O2/c1-20-21(2)26(36-17-5-14-33-12-3-4-13-33)9-6-22(20)19-34-15-10-27(35,11-16-34)23-7-8-25(29)24(18-23)28(30,31)32/h6-9,18,35H,3-5,10-17,19H2,1-2H3. The van der Waals surface area contributed by atoms with Crippen molar-refractivity contribution >= 4 is 11.6 Å². The Bertz CT molecular complexity index is 1050. The first-order valence-electron chi connectivity index (χ1n) is 12.8. The SMILES string of the molecule is Cc1c(CN2CCC(O)(c3ccc(Cl)c(C(F)(F)F)c3)CC2)ccc(OCCCN2CCCC2)c1C. The molecule has 2 aliphatic heterocycles. The van der Waals surface area contributed by atoms with Crippen molar-refractivity contribution in [2.45, 2.75) is 64.3 Å². The summed E-state index contributed by atoms with van der Waals surface area (Å²) in [5.74, 6) is 0.925. The summed E-state index contributed by atoms with van der Waals surface area (Å²) in [6.07, 6.45) is -0.198. The summed E-state index contributed by atoms with van der Waals surface area (Å²) in [6, 6.07) is 7.88. The first-order chi connectivity index (χ1) is 17.1. The molecule has 2 fully saturated rings. The third-order valence-electron chi connectivity index (χ3n) is 7.81. The van der Waals surface area contributed by atoms with Crippen molar-refractivity contribution in [1.82, 2.24) is 9.80 Å². The highest BCUT2D eigenvalue weighted by atomic mass is 35.5. The quantitative estimate of drug-likeness (QED) is 0.410. The van der Waals surface area contributed by atoms with Crippen LogP contribution < -0.4 is 4.74 Å². The third kappa shape index (κ3) is 6.36. The highest BCUT2D eigenvalue weighted by Gasteiger charge is 2.38. The van der Waals surface area contributed by atoms with Crippen LogP contribution in [0.2, 0.25) is 5.02 Å². The van der Waals surface area contributed by atoms with E-state index in [0.29, 0.717) is 32.5 Å². The zero-order valence-electron chi connectivity index (χ0n) is 21.1. The number of aliphatic hydroxyl groups is 1. The van der Waals surface area contributed by atoms with E-state index in [2.05, 4.69) is 29.7 Å². The number of halogens is 4. The van der Waals surface area contributed by atoms with Crippen molar-refractivity contribution in [3.05, 3.63) is 63.2 Å². The lowest BCUT2D eigenvalue weighted by atomic mass is 9.83. The average molecular weight is 525 g/mol. The van der Waals surface area contributed by atoms with Crippen LogP contribution in [0.3, 0.4) is 0 Å². The number of ether oxygens (including phenoxy) is 1. The summed E-state index contributed by atoms with van der Waals surface area (Å²) in [5.41, 5.74) is 1.62. The second-order valence-corrected chi connectivity index (χ2v) is 10.6. The molecular formula is C28H36ClF3N2O2.